The lowest BCUT2D eigenvalue weighted by Gasteiger charge is -2.09. The van der Waals surface area contributed by atoms with Crippen LogP contribution >= 0.6 is 11.6 Å². The number of amidine groups is 1. The Hall–Kier alpha value is -2.04. The molecule has 0 aliphatic heterocycles. The van der Waals surface area contributed by atoms with Crippen LogP contribution in [-0.4, -0.2) is 11.0 Å². The summed E-state index contributed by atoms with van der Waals surface area (Å²) in [4.78, 5) is 0. The van der Waals surface area contributed by atoms with Crippen molar-refractivity contribution >= 4 is 17.4 Å². The molecule has 0 saturated carbocycles. The number of halogens is 1. The number of nitrogens with zero attached hydrogens (tertiary/aromatic N) is 1. The zero-order valence-electron chi connectivity index (χ0n) is 10.8. The number of hydrogen-bond donors (Lipinski definition) is 2. The van der Waals surface area contributed by atoms with Crippen LogP contribution in [0.15, 0.2) is 53.7 Å². The molecule has 2 aromatic rings. The molecule has 2 rings (SSSR count). The molecule has 0 bridgehead atoms. The number of ether oxygens (including phenoxy) is 1. The van der Waals surface area contributed by atoms with E-state index in [2.05, 4.69) is 5.16 Å². The molecule has 0 amide bonds. The van der Waals surface area contributed by atoms with Gasteiger partial charge in [0.05, 0.1) is 13.2 Å². The van der Waals surface area contributed by atoms with Crippen molar-refractivity contribution in [2.45, 2.75) is 13.2 Å². The summed E-state index contributed by atoms with van der Waals surface area (Å²) in [5.74, 6) is 0.0793. The maximum atomic E-state index is 8.75. The maximum absolute atomic E-state index is 8.75. The van der Waals surface area contributed by atoms with Gasteiger partial charge in [-0.25, -0.2) is 0 Å². The summed E-state index contributed by atoms with van der Waals surface area (Å²) in [6.07, 6.45) is 0. The van der Waals surface area contributed by atoms with Crippen molar-refractivity contribution in [3.8, 4) is 0 Å². The van der Waals surface area contributed by atoms with Gasteiger partial charge in [-0.3, -0.25) is 0 Å². The van der Waals surface area contributed by atoms with Crippen molar-refractivity contribution < 1.29 is 9.94 Å². The first-order valence-electron chi connectivity index (χ1n) is 6.08. The Labute approximate surface area is 122 Å². The molecule has 0 aliphatic rings. The van der Waals surface area contributed by atoms with Gasteiger partial charge in [-0.15, -0.1) is 0 Å². The third kappa shape index (κ3) is 3.73. The molecule has 0 saturated heterocycles. The molecule has 4 nitrogen and oxygen atoms in total. The second-order valence-electron chi connectivity index (χ2n) is 4.26. The smallest absolute Gasteiger partial charge is 0.170 e. The first kappa shape index (κ1) is 14.4. The average molecular weight is 291 g/mol. The number of nitrogens with two attached hydrogens (primary N) is 1. The lowest BCUT2D eigenvalue weighted by Crippen LogP contribution is -2.15. The Morgan fingerprint density at radius 1 is 1.10 bits per heavy atom. The zero-order valence-corrected chi connectivity index (χ0v) is 11.5. The minimum absolute atomic E-state index is 0.0793. The molecular weight excluding hydrogens is 276 g/mol. The van der Waals surface area contributed by atoms with Crippen LogP contribution in [0.25, 0.3) is 0 Å². The summed E-state index contributed by atoms with van der Waals surface area (Å²) in [7, 11) is 0. The van der Waals surface area contributed by atoms with Crippen molar-refractivity contribution in [3.63, 3.8) is 0 Å². The SMILES string of the molecule is NC(=NO)c1ccccc1COCc1ccc(Cl)cc1. The van der Waals surface area contributed by atoms with Crippen LogP contribution in [0.3, 0.4) is 0 Å². The van der Waals surface area contributed by atoms with Gasteiger partial charge in [-0.2, -0.15) is 0 Å². The fourth-order valence-electron chi connectivity index (χ4n) is 1.81. The Kier molecular flexibility index (Phi) is 4.98. The summed E-state index contributed by atoms with van der Waals surface area (Å²) < 4.78 is 5.65. The van der Waals surface area contributed by atoms with E-state index in [4.69, 9.17) is 27.3 Å². The maximum Gasteiger partial charge on any atom is 0.170 e. The van der Waals surface area contributed by atoms with E-state index < -0.39 is 0 Å². The molecule has 0 heterocycles. The van der Waals surface area contributed by atoms with E-state index >= 15 is 0 Å². The summed E-state index contributed by atoms with van der Waals surface area (Å²) in [5, 5.41) is 12.5. The highest BCUT2D eigenvalue weighted by atomic mass is 35.5. The lowest BCUT2D eigenvalue weighted by atomic mass is 10.1. The van der Waals surface area contributed by atoms with Crippen molar-refractivity contribution in [3.05, 3.63) is 70.2 Å². The topological polar surface area (TPSA) is 67.8 Å². The minimum atomic E-state index is 0.0793. The van der Waals surface area contributed by atoms with Crippen molar-refractivity contribution in [2.75, 3.05) is 0 Å². The Morgan fingerprint density at radius 3 is 2.50 bits per heavy atom. The van der Waals surface area contributed by atoms with Crippen molar-refractivity contribution in [1.29, 1.82) is 0 Å². The summed E-state index contributed by atoms with van der Waals surface area (Å²) >= 11 is 5.82. The van der Waals surface area contributed by atoms with Crippen LogP contribution in [0.2, 0.25) is 5.02 Å². The van der Waals surface area contributed by atoms with E-state index in [9.17, 15) is 0 Å². The van der Waals surface area contributed by atoms with Gasteiger partial charge in [0, 0.05) is 10.6 Å². The van der Waals surface area contributed by atoms with Gasteiger partial charge in [0.1, 0.15) is 0 Å². The molecule has 20 heavy (non-hydrogen) atoms. The predicted molar refractivity (Wildman–Crippen MR) is 78.9 cm³/mol. The highest BCUT2D eigenvalue weighted by Crippen LogP contribution is 2.13. The Bertz CT molecular complexity index is 597. The second kappa shape index (κ2) is 6.93. The summed E-state index contributed by atoms with van der Waals surface area (Å²) in [5.41, 5.74) is 8.21. The largest absolute Gasteiger partial charge is 0.409 e. The van der Waals surface area contributed by atoms with E-state index in [1.54, 1.807) is 6.07 Å². The normalized spacial score (nSPS) is 11.6. The monoisotopic (exact) mass is 290 g/mol. The number of hydrogen-bond acceptors (Lipinski definition) is 3. The molecule has 0 aliphatic carbocycles. The van der Waals surface area contributed by atoms with Gasteiger partial charge in [-0.1, -0.05) is 53.2 Å². The summed E-state index contributed by atoms with van der Waals surface area (Å²) in [6, 6.07) is 14.9. The lowest BCUT2D eigenvalue weighted by molar-refractivity contribution is 0.107. The molecule has 0 unspecified atom stereocenters. The predicted octanol–water partition coefficient (Wildman–Crippen LogP) is 3.15. The van der Waals surface area contributed by atoms with Gasteiger partial charge in [0.2, 0.25) is 0 Å². The third-order valence-corrected chi connectivity index (χ3v) is 3.09. The van der Waals surface area contributed by atoms with E-state index in [0.717, 1.165) is 11.1 Å². The van der Waals surface area contributed by atoms with Gasteiger partial charge in [-0.05, 0) is 23.3 Å². The van der Waals surface area contributed by atoms with Crippen LogP contribution in [0.1, 0.15) is 16.7 Å². The minimum Gasteiger partial charge on any atom is -0.409 e. The third-order valence-electron chi connectivity index (χ3n) is 2.84. The summed E-state index contributed by atoms with van der Waals surface area (Å²) in [6.45, 7) is 0.858. The highest BCUT2D eigenvalue weighted by Gasteiger charge is 2.06. The number of benzene rings is 2. The molecule has 0 spiro atoms. The fourth-order valence-corrected chi connectivity index (χ4v) is 1.94. The molecule has 5 heteroatoms. The van der Waals surface area contributed by atoms with E-state index in [1.807, 2.05) is 42.5 Å². The molecule has 3 N–H and O–H groups in total. The molecule has 0 atom stereocenters. The van der Waals surface area contributed by atoms with E-state index in [0.29, 0.717) is 23.8 Å². The van der Waals surface area contributed by atoms with Gasteiger partial charge in [0.25, 0.3) is 0 Å². The first-order chi connectivity index (χ1) is 9.70. The van der Waals surface area contributed by atoms with Crippen LogP contribution < -0.4 is 5.73 Å². The van der Waals surface area contributed by atoms with Gasteiger partial charge >= 0.3 is 0 Å². The zero-order chi connectivity index (χ0) is 14.4. The number of oxime groups is 1. The molecule has 0 fully saturated rings. The first-order valence-corrected chi connectivity index (χ1v) is 6.46. The standard InChI is InChI=1S/C15H15ClN2O2/c16-13-7-5-11(6-8-13)9-20-10-12-3-1-2-4-14(12)15(17)18-19/h1-8,19H,9-10H2,(H2,17,18). The van der Waals surface area contributed by atoms with Crippen LogP contribution in [0.4, 0.5) is 0 Å². The van der Waals surface area contributed by atoms with E-state index in [1.165, 1.54) is 0 Å². The van der Waals surface area contributed by atoms with Gasteiger partial charge < -0.3 is 15.7 Å². The Balaban J connectivity index is 1.99. The van der Waals surface area contributed by atoms with E-state index in [-0.39, 0.29) is 5.84 Å². The van der Waals surface area contributed by atoms with Crippen LogP contribution in [0, 0.1) is 0 Å². The molecule has 104 valence electrons. The van der Waals surface area contributed by atoms with Crippen molar-refractivity contribution in [1.82, 2.24) is 0 Å². The average Bonchev–Trinajstić information content (AvgIpc) is 2.49. The Morgan fingerprint density at radius 2 is 1.80 bits per heavy atom. The fraction of sp³-hybridized carbons (Fsp3) is 0.133. The van der Waals surface area contributed by atoms with Gasteiger partial charge in [0.15, 0.2) is 5.84 Å². The molecule has 0 aromatic heterocycles. The van der Waals surface area contributed by atoms with Crippen LogP contribution in [0.5, 0.6) is 0 Å². The molecule has 2 aromatic carbocycles. The second-order valence-corrected chi connectivity index (χ2v) is 4.70. The van der Waals surface area contributed by atoms with Crippen LogP contribution in [-0.2, 0) is 18.0 Å². The molecule has 0 radical (unpaired) electrons. The van der Waals surface area contributed by atoms with Crippen molar-refractivity contribution in [2.24, 2.45) is 10.9 Å². The highest BCUT2D eigenvalue weighted by molar-refractivity contribution is 6.30. The molecular formula is C15H15ClN2O2. The quantitative estimate of drug-likeness (QED) is 0.385. The number of rotatable bonds is 5.